The SMILES string of the molecule is O=C(Cc1ccc2ccccc2c1)NCC(O)C(F)F. The van der Waals surface area contributed by atoms with Crippen molar-refractivity contribution in [1.29, 1.82) is 0 Å². The first-order chi connectivity index (χ1) is 9.56. The lowest BCUT2D eigenvalue weighted by Crippen LogP contribution is -2.36. The fourth-order valence-corrected chi connectivity index (χ4v) is 1.90. The van der Waals surface area contributed by atoms with E-state index in [1.807, 2.05) is 42.5 Å². The number of fused-ring (bicyclic) bond motifs is 1. The van der Waals surface area contributed by atoms with Crippen LogP contribution in [0.3, 0.4) is 0 Å². The maximum Gasteiger partial charge on any atom is 0.265 e. The number of hydrogen-bond acceptors (Lipinski definition) is 2. The van der Waals surface area contributed by atoms with Gasteiger partial charge in [-0.2, -0.15) is 0 Å². The number of aliphatic hydroxyl groups is 1. The molecule has 2 rings (SSSR count). The number of rotatable bonds is 5. The van der Waals surface area contributed by atoms with Gasteiger partial charge in [-0.05, 0) is 16.3 Å². The highest BCUT2D eigenvalue weighted by molar-refractivity contribution is 5.85. The Hall–Kier alpha value is -2.01. The van der Waals surface area contributed by atoms with Crippen LogP contribution in [-0.2, 0) is 11.2 Å². The maximum atomic E-state index is 12.1. The summed E-state index contributed by atoms with van der Waals surface area (Å²) >= 11 is 0. The second-order valence-electron chi connectivity index (χ2n) is 4.56. The summed E-state index contributed by atoms with van der Waals surface area (Å²) in [4.78, 5) is 11.6. The number of carbonyl (C=O) groups is 1. The van der Waals surface area contributed by atoms with Crippen molar-refractivity contribution < 1.29 is 18.7 Å². The third-order valence-electron chi connectivity index (χ3n) is 2.98. The lowest BCUT2D eigenvalue weighted by molar-refractivity contribution is -0.121. The van der Waals surface area contributed by atoms with Gasteiger partial charge < -0.3 is 10.4 Å². The van der Waals surface area contributed by atoms with Gasteiger partial charge in [0.15, 0.2) is 0 Å². The first-order valence-corrected chi connectivity index (χ1v) is 6.27. The van der Waals surface area contributed by atoms with Crippen molar-refractivity contribution in [2.75, 3.05) is 6.54 Å². The summed E-state index contributed by atoms with van der Waals surface area (Å²) in [6.45, 7) is -0.440. The zero-order chi connectivity index (χ0) is 14.5. The molecular formula is C15H15F2NO2. The molecule has 1 unspecified atom stereocenters. The minimum Gasteiger partial charge on any atom is -0.385 e. The van der Waals surface area contributed by atoms with E-state index in [1.165, 1.54) is 0 Å². The van der Waals surface area contributed by atoms with E-state index in [-0.39, 0.29) is 12.3 Å². The van der Waals surface area contributed by atoms with Crippen molar-refractivity contribution >= 4 is 16.7 Å². The summed E-state index contributed by atoms with van der Waals surface area (Å²) in [6.07, 6.45) is -4.58. The molecule has 20 heavy (non-hydrogen) atoms. The Balaban J connectivity index is 1.96. The summed E-state index contributed by atoms with van der Waals surface area (Å²) in [7, 11) is 0. The lowest BCUT2D eigenvalue weighted by atomic mass is 10.0. The van der Waals surface area contributed by atoms with Crippen LogP contribution in [0.5, 0.6) is 0 Å². The molecule has 0 aliphatic carbocycles. The second-order valence-corrected chi connectivity index (χ2v) is 4.56. The maximum absolute atomic E-state index is 12.1. The number of carbonyl (C=O) groups excluding carboxylic acids is 1. The van der Waals surface area contributed by atoms with Gasteiger partial charge in [0.2, 0.25) is 5.91 Å². The molecule has 0 heterocycles. The number of nitrogens with one attached hydrogen (secondary N) is 1. The van der Waals surface area contributed by atoms with Gasteiger partial charge in [0.05, 0.1) is 6.42 Å². The summed E-state index contributed by atoms with van der Waals surface area (Å²) in [5, 5.41) is 13.3. The Kier molecular flexibility index (Phi) is 4.63. The standard InChI is InChI=1S/C15H15F2NO2/c16-15(17)13(19)9-18-14(20)8-10-5-6-11-3-1-2-4-12(11)7-10/h1-7,13,15,19H,8-9H2,(H,18,20). The Morgan fingerprint density at radius 1 is 1.15 bits per heavy atom. The van der Waals surface area contributed by atoms with Crippen LogP contribution >= 0.6 is 0 Å². The smallest absolute Gasteiger partial charge is 0.265 e. The largest absolute Gasteiger partial charge is 0.385 e. The number of benzene rings is 2. The third kappa shape index (κ3) is 3.74. The van der Waals surface area contributed by atoms with E-state index >= 15 is 0 Å². The van der Waals surface area contributed by atoms with Gasteiger partial charge in [-0.1, -0.05) is 42.5 Å². The van der Waals surface area contributed by atoms with Crippen LogP contribution in [0.4, 0.5) is 8.78 Å². The molecule has 2 aromatic carbocycles. The molecule has 0 fully saturated rings. The monoisotopic (exact) mass is 279 g/mol. The van der Waals surface area contributed by atoms with Gasteiger partial charge in [-0.25, -0.2) is 8.78 Å². The molecule has 0 saturated carbocycles. The van der Waals surface area contributed by atoms with Gasteiger partial charge >= 0.3 is 0 Å². The van der Waals surface area contributed by atoms with Crippen LogP contribution in [0.15, 0.2) is 42.5 Å². The number of halogens is 2. The minimum absolute atomic E-state index is 0.0980. The molecule has 2 N–H and O–H groups in total. The van der Waals surface area contributed by atoms with Crippen LogP contribution in [0.2, 0.25) is 0 Å². The summed E-state index contributed by atoms with van der Waals surface area (Å²) in [5.41, 5.74) is 0.799. The fourth-order valence-electron chi connectivity index (χ4n) is 1.90. The quantitative estimate of drug-likeness (QED) is 0.881. The minimum atomic E-state index is -2.85. The van der Waals surface area contributed by atoms with Crippen molar-refractivity contribution in [1.82, 2.24) is 5.32 Å². The number of hydrogen-bond donors (Lipinski definition) is 2. The van der Waals surface area contributed by atoms with E-state index in [1.54, 1.807) is 0 Å². The highest BCUT2D eigenvalue weighted by atomic mass is 19.3. The van der Waals surface area contributed by atoms with E-state index in [9.17, 15) is 13.6 Å². The van der Waals surface area contributed by atoms with Crippen molar-refractivity contribution in [2.45, 2.75) is 19.0 Å². The lowest BCUT2D eigenvalue weighted by Gasteiger charge is -2.10. The summed E-state index contributed by atoms with van der Waals surface area (Å²) < 4.78 is 24.2. The highest BCUT2D eigenvalue weighted by Crippen LogP contribution is 2.15. The Morgan fingerprint density at radius 2 is 1.85 bits per heavy atom. The molecule has 0 bridgehead atoms. The fraction of sp³-hybridized carbons (Fsp3) is 0.267. The predicted molar refractivity (Wildman–Crippen MR) is 72.7 cm³/mol. The molecule has 0 spiro atoms. The van der Waals surface area contributed by atoms with Crippen molar-refractivity contribution in [2.24, 2.45) is 0 Å². The van der Waals surface area contributed by atoms with Crippen molar-refractivity contribution in [3.05, 3.63) is 48.0 Å². The zero-order valence-electron chi connectivity index (χ0n) is 10.7. The average molecular weight is 279 g/mol. The molecule has 0 aliphatic heterocycles. The first kappa shape index (κ1) is 14.4. The molecule has 1 atom stereocenters. The van der Waals surface area contributed by atoms with E-state index in [2.05, 4.69) is 5.32 Å². The number of aliphatic hydroxyl groups excluding tert-OH is 1. The van der Waals surface area contributed by atoms with Gasteiger partial charge in [-0.15, -0.1) is 0 Å². The first-order valence-electron chi connectivity index (χ1n) is 6.27. The molecule has 0 aliphatic rings. The van der Waals surface area contributed by atoms with Crippen molar-refractivity contribution in [3.8, 4) is 0 Å². The van der Waals surface area contributed by atoms with E-state index in [0.717, 1.165) is 16.3 Å². The normalized spacial score (nSPS) is 12.6. The van der Waals surface area contributed by atoms with Crippen LogP contribution in [-0.4, -0.2) is 30.1 Å². The number of amides is 1. The van der Waals surface area contributed by atoms with Gasteiger partial charge in [-0.3, -0.25) is 4.79 Å². The summed E-state index contributed by atoms with van der Waals surface area (Å²) in [5.74, 6) is -0.389. The predicted octanol–water partition coefficient (Wildman–Crippen LogP) is 2.12. The molecule has 3 nitrogen and oxygen atoms in total. The highest BCUT2D eigenvalue weighted by Gasteiger charge is 2.17. The number of alkyl halides is 2. The molecule has 0 aromatic heterocycles. The molecule has 0 radical (unpaired) electrons. The van der Waals surface area contributed by atoms with Gasteiger partial charge in [0, 0.05) is 6.54 Å². The third-order valence-corrected chi connectivity index (χ3v) is 2.98. The van der Waals surface area contributed by atoms with Crippen LogP contribution in [0.1, 0.15) is 5.56 Å². The van der Waals surface area contributed by atoms with Crippen LogP contribution in [0.25, 0.3) is 10.8 Å². The molecule has 2 aromatic rings. The Morgan fingerprint density at radius 3 is 2.55 bits per heavy atom. The Labute approximate surface area is 115 Å². The topological polar surface area (TPSA) is 49.3 Å². The van der Waals surface area contributed by atoms with E-state index < -0.39 is 19.1 Å². The van der Waals surface area contributed by atoms with Crippen LogP contribution < -0.4 is 5.32 Å². The van der Waals surface area contributed by atoms with E-state index in [4.69, 9.17) is 5.11 Å². The molecule has 0 saturated heterocycles. The van der Waals surface area contributed by atoms with Crippen LogP contribution in [0, 0.1) is 0 Å². The summed E-state index contributed by atoms with van der Waals surface area (Å²) in [6, 6.07) is 13.4. The van der Waals surface area contributed by atoms with Crippen molar-refractivity contribution in [3.63, 3.8) is 0 Å². The second kappa shape index (κ2) is 6.43. The molecular weight excluding hydrogens is 264 g/mol. The average Bonchev–Trinajstić information content (AvgIpc) is 2.44. The Bertz CT molecular complexity index is 601. The zero-order valence-corrected chi connectivity index (χ0v) is 10.7. The molecule has 5 heteroatoms. The van der Waals surface area contributed by atoms with Gasteiger partial charge in [0.25, 0.3) is 6.43 Å². The molecule has 1 amide bonds. The molecule has 106 valence electrons. The van der Waals surface area contributed by atoms with Gasteiger partial charge in [0.1, 0.15) is 6.10 Å². The van der Waals surface area contributed by atoms with E-state index in [0.29, 0.717) is 0 Å².